The molecule has 3 heterocycles. The first kappa shape index (κ1) is 17.7. The van der Waals surface area contributed by atoms with Gasteiger partial charge in [0.1, 0.15) is 0 Å². The lowest BCUT2D eigenvalue weighted by Crippen LogP contribution is -2.49. The Balaban J connectivity index is 1.50. The molecule has 2 saturated heterocycles. The predicted molar refractivity (Wildman–Crippen MR) is 103 cm³/mol. The molecule has 2 aromatic rings. The lowest BCUT2D eigenvalue weighted by molar-refractivity contribution is -0.138. The molecule has 0 saturated carbocycles. The van der Waals surface area contributed by atoms with Gasteiger partial charge in [0, 0.05) is 44.1 Å². The largest absolute Gasteiger partial charge is 0.338 e. The Hall–Kier alpha value is -2.69. The standard InChI is InChI=1S/C22H25N3O2/c1-17-5-2-3-6-19(17)20(26)25-13-4-9-22(16-25)10-14-24(21(22)27)15-18-7-11-23-12-8-18/h2-3,5-8,11-12H,4,9-10,13-16H2,1H3/t22-/m1/s1. The van der Waals surface area contributed by atoms with E-state index in [0.717, 1.165) is 49.0 Å². The average molecular weight is 363 g/mol. The van der Waals surface area contributed by atoms with E-state index in [1.165, 1.54) is 0 Å². The molecule has 0 unspecified atom stereocenters. The van der Waals surface area contributed by atoms with E-state index >= 15 is 0 Å². The summed E-state index contributed by atoms with van der Waals surface area (Å²) in [5.41, 5.74) is 2.41. The zero-order valence-electron chi connectivity index (χ0n) is 15.7. The summed E-state index contributed by atoms with van der Waals surface area (Å²) in [7, 11) is 0. The molecule has 27 heavy (non-hydrogen) atoms. The molecule has 5 heteroatoms. The van der Waals surface area contributed by atoms with Crippen molar-refractivity contribution in [1.82, 2.24) is 14.8 Å². The lowest BCUT2D eigenvalue weighted by Gasteiger charge is -2.39. The van der Waals surface area contributed by atoms with Crippen molar-refractivity contribution in [3.63, 3.8) is 0 Å². The number of pyridine rings is 1. The van der Waals surface area contributed by atoms with Gasteiger partial charge < -0.3 is 9.80 Å². The van der Waals surface area contributed by atoms with E-state index < -0.39 is 5.41 Å². The highest BCUT2D eigenvalue weighted by atomic mass is 16.2. The minimum Gasteiger partial charge on any atom is -0.338 e. The van der Waals surface area contributed by atoms with Crippen LogP contribution in [0.25, 0.3) is 0 Å². The highest BCUT2D eigenvalue weighted by Crippen LogP contribution is 2.41. The van der Waals surface area contributed by atoms with Crippen LogP contribution in [0.1, 0.15) is 40.7 Å². The fourth-order valence-electron chi connectivity index (χ4n) is 4.42. The number of hydrogen-bond donors (Lipinski definition) is 0. The van der Waals surface area contributed by atoms with Gasteiger partial charge in [-0.3, -0.25) is 14.6 Å². The van der Waals surface area contributed by atoms with E-state index in [9.17, 15) is 9.59 Å². The number of benzene rings is 1. The van der Waals surface area contributed by atoms with Crippen molar-refractivity contribution in [2.24, 2.45) is 5.41 Å². The van der Waals surface area contributed by atoms with Crippen LogP contribution in [0.3, 0.4) is 0 Å². The summed E-state index contributed by atoms with van der Waals surface area (Å²) >= 11 is 0. The van der Waals surface area contributed by atoms with Crippen molar-refractivity contribution in [2.75, 3.05) is 19.6 Å². The Morgan fingerprint density at radius 1 is 1.11 bits per heavy atom. The molecule has 0 bridgehead atoms. The van der Waals surface area contributed by atoms with Gasteiger partial charge in [-0.25, -0.2) is 0 Å². The average Bonchev–Trinajstić information content (AvgIpc) is 2.98. The topological polar surface area (TPSA) is 53.5 Å². The number of carbonyl (C=O) groups is 2. The molecule has 140 valence electrons. The third-order valence-electron chi connectivity index (χ3n) is 5.96. The van der Waals surface area contributed by atoms with Crippen molar-refractivity contribution < 1.29 is 9.59 Å². The van der Waals surface area contributed by atoms with Crippen molar-refractivity contribution in [3.8, 4) is 0 Å². The zero-order chi connectivity index (χ0) is 18.9. The van der Waals surface area contributed by atoms with Crippen LogP contribution in [0.2, 0.25) is 0 Å². The highest BCUT2D eigenvalue weighted by Gasteiger charge is 2.49. The van der Waals surface area contributed by atoms with Gasteiger partial charge in [0.25, 0.3) is 5.91 Å². The number of amides is 2. The third-order valence-corrected chi connectivity index (χ3v) is 5.96. The number of carbonyl (C=O) groups excluding carboxylic acids is 2. The number of rotatable bonds is 3. The number of aryl methyl sites for hydroxylation is 1. The van der Waals surface area contributed by atoms with Crippen molar-refractivity contribution >= 4 is 11.8 Å². The lowest BCUT2D eigenvalue weighted by atomic mass is 9.78. The summed E-state index contributed by atoms with van der Waals surface area (Å²) in [4.78, 5) is 34.1. The Labute approximate surface area is 160 Å². The summed E-state index contributed by atoms with van der Waals surface area (Å²) in [5.74, 6) is 0.245. The van der Waals surface area contributed by atoms with Crippen molar-refractivity contribution in [3.05, 3.63) is 65.5 Å². The molecule has 0 radical (unpaired) electrons. The second-order valence-electron chi connectivity index (χ2n) is 7.76. The van der Waals surface area contributed by atoms with E-state index in [4.69, 9.17) is 0 Å². The fraction of sp³-hybridized carbons (Fsp3) is 0.409. The van der Waals surface area contributed by atoms with Gasteiger partial charge in [-0.05, 0) is 55.5 Å². The Kier molecular flexibility index (Phi) is 4.68. The van der Waals surface area contributed by atoms with Crippen LogP contribution in [0.5, 0.6) is 0 Å². The van der Waals surface area contributed by atoms with Crippen LogP contribution in [-0.2, 0) is 11.3 Å². The number of aromatic nitrogens is 1. The Morgan fingerprint density at radius 2 is 1.89 bits per heavy atom. The summed E-state index contributed by atoms with van der Waals surface area (Å²) < 4.78 is 0. The zero-order valence-corrected chi connectivity index (χ0v) is 15.7. The van der Waals surface area contributed by atoms with Crippen LogP contribution in [0, 0.1) is 12.3 Å². The Bertz CT molecular complexity index is 852. The SMILES string of the molecule is Cc1ccccc1C(=O)N1CCC[C@@]2(CCN(Cc3ccncc3)C2=O)C1. The molecule has 0 N–H and O–H groups in total. The van der Waals surface area contributed by atoms with Crippen LogP contribution < -0.4 is 0 Å². The molecule has 0 aliphatic carbocycles. The van der Waals surface area contributed by atoms with E-state index in [1.54, 1.807) is 12.4 Å². The maximum absolute atomic E-state index is 13.2. The van der Waals surface area contributed by atoms with Gasteiger partial charge in [-0.2, -0.15) is 0 Å². The summed E-state index contributed by atoms with van der Waals surface area (Å²) in [6.45, 7) is 4.60. The van der Waals surface area contributed by atoms with Crippen LogP contribution in [0.15, 0.2) is 48.8 Å². The minimum atomic E-state index is -0.413. The smallest absolute Gasteiger partial charge is 0.254 e. The first-order valence-corrected chi connectivity index (χ1v) is 9.62. The quantitative estimate of drug-likeness (QED) is 0.842. The molecular formula is C22H25N3O2. The molecule has 5 nitrogen and oxygen atoms in total. The second-order valence-corrected chi connectivity index (χ2v) is 7.76. The summed E-state index contributed by atoms with van der Waals surface area (Å²) in [6, 6.07) is 11.6. The monoisotopic (exact) mass is 363 g/mol. The van der Waals surface area contributed by atoms with Crippen molar-refractivity contribution in [2.45, 2.75) is 32.7 Å². The third kappa shape index (κ3) is 3.34. The molecule has 1 atom stereocenters. The van der Waals surface area contributed by atoms with E-state index in [-0.39, 0.29) is 11.8 Å². The molecule has 1 spiro atoms. The second kappa shape index (κ2) is 7.14. The molecule has 1 aromatic heterocycles. The normalized spacial score (nSPS) is 22.5. The summed E-state index contributed by atoms with van der Waals surface area (Å²) in [6.07, 6.45) is 6.10. The van der Waals surface area contributed by atoms with Gasteiger partial charge in [0.2, 0.25) is 5.91 Å². The van der Waals surface area contributed by atoms with Gasteiger partial charge in [-0.1, -0.05) is 18.2 Å². The minimum absolute atomic E-state index is 0.0487. The van der Waals surface area contributed by atoms with Gasteiger partial charge in [0.15, 0.2) is 0 Å². The first-order chi connectivity index (χ1) is 13.1. The molecule has 2 aliphatic rings. The summed E-state index contributed by atoms with van der Waals surface area (Å²) in [5, 5.41) is 0. The van der Waals surface area contributed by atoms with Crippen molar-refractivity contribution in [1.29, 1.82) is 0 Å². The van der Waals surface area contributed by atoms with E-state index in [1.807, 2.05) is 53.1 Å². The Morgan fingerprint density at radius 3 is 2.67 bits per heavy atom. The highest BCUT2D eigenvalue weighted by molar-refractivity contribution is 5.96. The van der Waals surface area contributed by atoms with Gasteiger partial charge >= 0.3 is 0 Å². The van der Waals surface area contributed by atoms with Gasteiger partial charge in [-0.15, -0.1) is 0 Å². The van der Waals surface area contributed by atoms with E-state index in [2.05, 4.69) is 4.98 Å². The van der Waals surface area contributed by atoms with Crippen LogP contribution in [-0.4, -0.2) is 46.2 Å². The fourth-order valence-corrected chi connectivity index (χ4v) is 4.42. The molecule has 1 aromatic carbocycles. The van der Waals surface area contributed by atoms with Gasteiger partial charge in [0.05, 0.1) is 5.41 Å². The van der Waals surface area contributed by atoms with Crippen LogP contribution in [0.4, 0.5) is 0 Å². The van der Waals surface area contributed by atoms with E-state index in [0.29, 0.717) is 13.1 Å². The molecule has 2 amide bonds. The molecule has 2 aliphatic heterocycles. The maximum Gasteiger partial charge on any atom is 0.254 e. The predicted octanol–water partition coefficient (Wildman–Crippen LogP) is 3.04. The maximum atomic E-state index is 13.2. The van der Waals surface area contributed by atoms with Crippen LogP contribution >= 0.6 is 0 Å². The molecule has 2 fully saturated rings. The number of nitrogens with zero attached hydrogens (tertiary/aromatic N) is 3. The molecule has 4 rings (SSSR count). The number of likely N-dealkylation sites (tertiary alicyclic amines) is 2. The molecular weight excluding hydrogens is 338 g/mol. The number of piperidine rings is 1. The first-order valence-electron chi connectivity index (χ1n) is 9.62. The number of hydrogen-bond acceptors (Lipinski definition) is 3.